The maximum Gasteiger partial charge on any atom is 0.123 e. The number of aliphatic hydroxyl groups is 1. The van der Waals surface area contributed by atoms with E-state index in [9.17, 15) is 9.50 Å². The second kappa shape index (κ2) is 5.99. The fourth-order valence-electron chi connectivity index (χ4n) is 2.32. The summed E-state index contributed by atoms with van der Waals surface area (Å²) in [7, 11) is 0. The van der Waals surface area contributed by atoms with Crippen molar-refractivity contribution in [3.05, 3.63) is 52.2 Å². The number of thiazole rings is 1. The molecule has 1 saturated carbocycles. The molecule has 1 atom stereocenters. The summed E-state index contributed by atoms with van der Waals surface area (Å²) in [5.41, 5.74) is 2.60. The fraction of sp³-hybridized carbons (Fsp3) is 0.400. The number of halogens is 1. The van der Waals surface area contributed by atoms with Gasteiger partial charge in [-0.3, -0.25) is 9.88 Å². The largest absolute Gasteiger partial charge is 0.387 e. The van der Waals surface area contributed by atoms with Crippen LogP contribution < -0.4 is 0 Å². The van der Waals surface area contributed by atoms with Crippen LogP contribution in [0.2, 0.25) is 0 Å². The molecule has 0 saturated heterocycles. The van der Waals surface area contributed by atoms with Crippen molar-refractivity contribution in [2.75, 3.05) is 6.54 Å². The third-order valence-electron chi connectivity index (χ3n) is 3.57. The molecule has 0 bridgehead atoms. The molecule has 1 heterocycles. The molecule has 1 N–H and O–H groups in total. The molecule has 3 nitrogen and oxygen atoms in total. The smallest absolute Gasteiger partial charge is 0.123 e. The van der Waals surface area contributed by atoms with Crippen LogP contribution in [0.25, 0.3) is 0 Å². The van der Waals surface area contributed by atoms with Gasteiger partial charge in [0.15, 0.2) is 0 Å². The van der Waals surface area contributed by atoms with E-state index in [1.54, 1.807) is 23.5 Å². The van der Waals surface area contributed by atoms with Crippen LogP contribution in [0.15, 0.2) is 36.0 Å². The Hall–Kier alpha value is -1.30. The predicted molar refractivity (Wildman–Crippen MR) is 76.9 cm³/mol. The van der Waals surface area contributed by atoms with E-state index in [0.717, 1.165) is 12.1 Å². The van der Waals surface area contributed by atoms with Crippen LogP contribution in [0.3, 0.4) is 0 Å². The summed E-state index contributed by atoms with van der Waals surface area (Å²) in [4.78, 5) is 7.59. The summed E-state index contributed by atoms with van der Waals surface area (Å²) in [6.07, 6.45) is 3.68. The number of aliphatic hydroxyl groups excluding tert-OH is 1. The van der Waals surface area contributed by atoms with Crippen molar-refractivity contribution in [3.63, 3.8) is 0 Å². The van der Waals surface area contributed by atoms with Crippen LogP contribution in [0.1, 0.15) is 29.4 Å². The van der Waals surface area contributed by atoms with Crippen molar-refractivity contribution in [1.29, 1.82) is 0 Å². The Morgan fingerprint density at radius 3 is 2.70 bits per heavy atom. The van der Waals surface area contributed by atoms with Crippen LogP contribution in [0, 0.1) is 5.82 Å². The van der Waals surface area contributed by atoms with Crippen LogP contribution >= 0.6 is 11.3 Å². The minimum atomic E-state index is -0.580. The van der Waals surface area contributed by atoms with Gasteiger partial charge in [-0.25, -0.2) is 4.39 Å². The molecule has 1 aromatic heterocycles. The molecular formula is C15H17FN2OS. The third kappa shape index (κ3) is 3.42. The first-order valence-electron chi connectivity index (χ1n) is 6.77. The molecule has 1 aromatic carbocycles. The number of hydrogen-bond acceptors (Lipinski definition) is 4. The molecule has 0 amide bonds. The van der Waals surface area contributed by atoms with Crippen LogP contribution in [-0.4, -0.2) is 27.6 Å². The molecule has 106 valence electrons. The molecular weight excluding hydrogens is 275 g/mol. The molecule has 3 rings (SSSR count). The minimum absolute atomic E-state index is 0.273. The first-order valence-corrected chi connectivity index (χ1v) is 7.65. The lowest BCUT2D eigenvalue weighted by Gasteiger charge is -2.24. The van der Waals surface area contributed by atoms with Crippen molar-refractivity contribution >= 4 is 11.3 Å². The molecule has 20 heavy (non-hydrogen) atoms. The van der Waals surface area contributed by atoms with Gasteiger partial charge in [-0.2, -0.15) is 0 Å². The molecule has 1 aliphatic carbocycles. The van der Waals surface area contributed by atoms with Gasteiger partial charge in [-0.15, -0.1) is 11.3 Å². The zero-order valence-electron chi connectivity index (χ0n) is 11.1. The highest BCUT2D eigenvalue weighted by Gasteiger charge is 2.30. The topological polar surface area (TPSA) is 36.4 Å². The van der Waals surface area contributed by atoms with E-state index in [1.165, 1.54) is 29.9 Å². The molecule has 0 radical (unpaired) electrons. The van der Waals surface area contributed by atoms with Crippen LogP contribution in [0.4, 0.5) is 4.39 Å². The second-order valence-electron chi connectivity index (χ2n) is 5.20. The summed E-state index contributed by atoms with van der Waals surface area (Å²) >= 11 is 1.64. The Morgan fingerprint density at radius 2 is 2.10 bits per heavy atom. The number of rotatable bonds is 6. The Balaban J connectivity index is 1.65. The van der Waals surface area contributed by atoms with E-state index in [1.807, 2.05) is 11.7 Å². The van der Waals surface area contributed by atoms with Gasteiger partial charge >= 0.3 is 0 Å². The van der Waals surface area contributed by atoms with Gasteiger partial charge in [0.1, 0.15) is 5.82 Å². The van der Waals surface area contributed by atoms with Crippen molar-refractivity contribution in [1.82, 2.24) is 9.88 Å². The van der Waals surface area contributed by atoms with Crippen molar-refractivity contribution in [3.8, 4) is 0 Å². The highest BCUT2D eigenvalue weighted by atomic mass is 32.1. The Kier molecular flexibility index (Phi) is 4.10. The lowest BCUT2D eigenvalue weighted by molar-refractivity contribution is 0.105. The van der Waals surface area contributed by atoms with E-state index in [0.29, 0.717) is 12.6 Å². The Labute approximate surface area is 121 Å². The number of hydrogen-bond donors (Lipinski definition) is 1. The molecule has 1 aliphatic rings. The molecule has 1 fully saturated rings. The zero-order chi connectivity index (χ0) is 13.9. The van der Waals surface area contributed by atoms with Crippen molar-refractivity contribution in [2.45, 2.75) is 31.5 Å². The van der Waals surface area contributed by atoms with Gasteiger partial charge in [0, 0.05) is 30.2 Å². The average molecular weight is 292 g/mol. The van der Waals surface area contributed by atoms with Crippen molar-refractivity contribution < 1.29 is 9.50 Å². The van der Waals surface area contributed by atoms with Gasteiger partial charge in [0.25, 0.3) is 0 Å². The average Bonchev–Trinajstić information content (AvgIpc) is 3.17. The molecule has 1 unspecified atom stereocenters. The SMILES string of the molecule is OC(CN(Cc1cncs1)C1CC1)c1ccc(F)cc1. The molecule has 0 aliphatic heterocycles. The maximum absolute atomic E-state index is 12.9. The van der Waals surface area contributed by atoms with Crippen LogP contribution in [-0.2, 0) is 6.54 Å². The molecule has 5 heteroatoms. The van der Waals surface area contributed by atoms with Crippen molar-refractivity contribution in [2.24, 2.45) is 0 Å². The summed E-state index contributed by atoms with van der Waals surface area (Å²) in [6.45, 7) is 1.40. The van der Waals surface area contributed by atoms with Gasteiger partial charge in [-0.1, -0.05) is 12.1 Å². The summed E-state index contributed by atoms with van der Waals surface area (Å²) in [6, 6.07) is 6.65. The quantitative estimate of drug-likeness (QED) is 0.889. The minimum Gasteiger partial charge on any atom is -0.387 e. The number of benzene rings is 1. The number of aromatic nitrogens is 1. The van der Waals surface area contributed by atoms with Gasteiger partial charge in [-0.05, 0) is 30.5 Å². The molecule has 0 spiro atoms. The van der Waals surface area contributed by atoms with Crippen LogP contribution in [0.5, 0.6) is 0 Å². The summed E-state index contributed by atoms with van der Waals surface area (Å²) in [5.74, 6) is -0.273. The monoisotopic (exact) mass is 292 g/mol. The zero-order valence-corrected chi connectivity index (χ0v) is 11.9. The first kappa shape index (κ1) is 13.7. The molecule has 2 aromatic rings. The predicted octanol–water partition coefficient (Wildman–Crippen LogP) is 2.98. The van der Waals surface area contributed by atoms with E-state index in [-0.39, 0.29) is 5.82 Å². The second-order valence-corrected chi connectivity index (χ2v) is 6.17. The Bertz CT molecular complexity index is 540. The first-order chi connectivity index (χ1) is 9.72. The summed E-state index contributed by atoms with van der Waals surface area (Å²) in [5, 5.41) is 10.3. The van der Waals surface area contributed by atoms with E-state index >= 15 is 0 Å². The summed E-state index contributed by atoms with van der Waals surface area (Å²) < 4.78 is 12.9. The highest BCUT2D eigenvalue weighted by molar-refractivity contribution is 7.09. The standard InChI is InChI=1S/C15H17FN2OS/c16-12-3-1-11(2-4-12)15(19)9-18(13-5-6-13)8-14-7-17-10-20-14/h1-4,7,10,13,15,19H,5-6,8-9H2. The lowest BCUT2D eigenvalue weighted by atomic mass is 10.1. The maximum atomic E-state index is 12.9. The highest BCUT2D eigenvalue weighted by Crippen LogP contribution is 2.30. The lowest BCUT2D eigenvalue weighted by Crippen LogP contribution is -2.30. The third-order valence-corrected chi connectivity index (χ3v) is 4.33. The normalized spacial score (nSPS) is 16.6. The fourth-order valence-corrected chi connectivity index (χ4v) is 2.93. The number of nitrogens with zero attached hydrogens (tertiary/aromatic N) is 2. The van der Waals surface area contributed by atoms with E-state index in [2.05, 4.69) is 9.88 Å². The van der Waals surface area contributed by atoms with Gasteiger partial charge in [0.2, 0.25) is 0 Å². The van der Waals surface area contributed by atoms with E-state index < -0.39 is 6.10 Å². The Morgan fingerprint density at radius 1 is 1.35 bits per heavy atom. The van der Waals surface area contributed by atoms with Gasteiger partial charge in [0.05, 0.1) is 11.6 Å². The van der Waals surface area contributed by atoms with E-state index in [4.69, 9.17) is 0 Å². The van der Waals surface area contributed by atoms with Gasteiger partial charge < -0.3 is 5.11 Å².